The van der Waals surface area contributed by atoms with Crippen LogP contribution in [-0.2, 0) is 11.0 Å². The first kappa shape index (κ1) is 30.5. The lowest BCUT2D eigenvalue weighted by Gasteiger charge is -2.32. The van der Waals surface area contributed by atoms with E-state index in [2.05, 4.69) is 15.3 Å². The van der Waals surface area contributed by atoms with Crippen molar-refractivity contribution in [2.45, 2.75) is 63.8 Å². The number of rotatable bonds is 9. The van der Waals surface area contributed by atoms with Gasteiger partial charge in [-0.1, -0.05) is 12.1 Å². The molecule has 222 valence electrons. The number of likely N-dealkylation sites (N-methyl/N-ethyl adjacent to an activating group) is 1. The van der Waals surface area contributed by atoms with Crippen LogP contribution in [0, 0.1) is 12.8 Å². The zero-order valence-electron chi connectivity index (χ0n) is 23.7. The number of hydrogen-bond acceptors (Lipinski definition) is 7. The van der Waals surface area contributed by atoms with E-state index in [4.69, 9.17) is 9.84 Å². The first-order valence-electron chi connectivity index (χ1n) is 13.7. The Morgan fingerprint density at radius 1 is 1.17 bits per heavy atom. The number of fused-ring (bicyclic) bond motifs is 1. The molecular weight excluding hydrogens is 537 g/mol. The largest absolute Gasteiger partial charge is 0.496 e. The molecule has 0 spiro atoms. The van der Waals surface area contributed by atoms with Crippen LogP contribution in [0.4, 0.5) is 19.0 Å². The van der Waals surface area contributed by atoms with Crippen molar-refractivity contribution in [3.63, 3.8) is 0 Å². The van der Waals surface area contributed by atoms with E-state index in [9.17, 15) is 23.1 Å². The number of carbonyl (C=O) groups is 1. The lowest BCUT2D eigenvalue weighted by atomic mass is 9.77. The first-order valence-corrected chi connectivity index (χ1v) is 13.7. The number of aliphatic hydroxyl groups is 2. The molecule has 3 aromatic rings. The Bertz CT molecular complexity index is 1380. The molecule has 1 aromatic heterocycles. The summed E-state index contributed by atoms with van der Waals surface area (Å²) in [5, 5.41) is 22.8. The standard InChI is InChI=1S/C30H37F3N4O4/c1-17(21-6-5-7-22(12-21)30(31,32)33)34-28-25-13-24(27(41-4)14-26(25)35-18(2)36-28)19-8-10-20(11-9-19)29(40)37(3)15-23(39)16-38/h5-7,12-14,17,19-20,23,38-39H,8-11,15-16H2,1-4H3,(H,34,35,36)/t17-,19?,20?,23?/m1/s1. The minimum atomic E-state index is -4.43. The zero-order chi connectivity index (χ0) is 29.9. The molecule has 4 rings (SSSR count). The van der Waals surface area contributed by atoms with Gasteiger partial charge in [0.25, 0.3) is 0 Å². The number of nitrogens with zero attached hydrogens (tertiary/aromatic N) is 3. The van der Waals surface area contributed by atoms with E-state index in [1.54, 1.807) is 34.1 Å². The number of carbonyl (C=O) groups excluding carboxylic acids is 1. The van der Waals surface area contributed by atoms with Crippen molar-refractivity contribution in [3.8, 4) is 5.75 Å². The molecule has 1 aliphatic carbocycles. The van der Waals surface area contributed by atoms with E-state index < -0.39 is 30.5 Å². The third-order valence-corrected chi connectivity index (χ3v) is 7.81. The Hall–Kier alpha value is -3.44. The highest BCUT2D eigenvalue weighted by molar-refractivity contribution is 5.91. The van der Waals surface area contributed by atoms with Crippen LogP contribution in [0.1, 0.15) is 67.1 Å². The molecule has 1 amide bonds. The van der Waals surface area contributed by atoms with Gasteiger partial charge in [-0.05, 0) is 74.8 Å². The van der Waals surface area contributed by atoms with Gasteiger partial charge in [-0.2, -0.15) is 13.2 Å². The fourth-order valence-electron chi connectivity index (χ4n) is 5.59. The molecular formula is C30H37F3N4O4. The summed E-state index contributed by atoms with van der Waals surface area (Å²) in [5.41, 5.74) is 1.41. The third-order valence-electron chi connectivity index (χ3n) is 7.81. The summed E-state index contributed by atoms with van der Waals surface area (Å²) in [6.45, 7) is 3.24. The SMILES string of the molecule is COc1cc2nc(C)nc(N[C@H](C)c3cccc(C(F)(F)F)c3)c2cc1C1CCC(C(=O)N(C)CC(O)CO)CC1. The van der Waals surface area contributed by atoms with Crippen LogP contribution >= 0.6 is 0 Å². The quantitative estimate of drug-likeness (QED) is 0.322. The molecule has 3 N–H and O–H groups in total. The van der Waals surface area contributed by atoms with Gasteiger partial charge in [-0.3, -0.25) is 4.79 Å². The van der Waals surface area contributed by atoms with E-state index in [1.165, 1.54) is 11.0 Å². The molecule has 1 unspecified atom stereocenters. The highest BCUT2D eigenvalue weighted by Crippen LogP contribution is 2.42. The monoisotopic (exact) mass is 574 g/mol. The maximum Gasteiger partial charge on any atom is 0.416 e. The molecule has 0 aliphatic heterocycles. The number of hydrogen-bond donors (Lipinski definition) is 3. The second kappa shape index (κ2) is 12.6. The van der Waals surface area contributed by atoms with Crippen molar-refractivity contribution < 1.29 is 32.9 Å². The zero-order valence-corrected chi connectivity index (χ0v) is 23.7. The molecule has 41 heavy (non-hydrogen) atoms. The maximum atomic E-state index is 13.3. The van der Waals surface area contributed by atoms with Gasteiger partial charge in [0.15, 0.2) is 0 Å². The number of aryl methyl sites for hydroxylation is 1. The molecule has 2 atom stereocenters. The molecule has 0 radical (unpaired) electrons. The average molecular weight is 575 g/mol. The van der Waals surface area contributed by atoms with Crippen LogP contribution < -0.4 is 10.1 Å². The van der Waals surface area contributed by atoms with E-state index in [1.807, 2.05) is 12.1 Å². The van der Waals surface area contributed by atoms with E-state index in [-0.39, 0.29) is 24.3 Å². The predicted molar refractivity (Wildman–Crippen MR) is 150 cm³/mol. The van der Waals surface area contributed by atoms with Crippen LogP contribution in [-0.4, -0.2) is 64.4 Å². The number of aromatic nitrogens is 2. The number of methoxy groups -OCH3 is 1. The summed E-state index contributed by atoms with van der Waals surface area (Å²) in [6.07, 6.45) is -2.54. The molecule has 0 saturated heterocycles. The summed E-state index contributed by atoms with van der Waals surface area (Å²) >= 11 is 0. The van der Waals surface area contributed by atoms with Crippen molar-refractivity contribution in [2.75, 3.05) is 32.6 Å². The molecule has 1 saturated carbocycles. The van der Waals surface area contributed by atoms with Crippen LogP contribution in [0.15, 0.2) is 36.4 Å². The fourth-order valence-corrected chi connectivity index (χ4v) is 5.59. The second-order valence-corrected chi connectivity index (χ2v) is 10.8. The number of ether oxygens (including phenoxy) is 1. The molecule has 1 heterocycles. The normalized spacial score (nSPS) is 19.0. The van der Waals surface area contributed by atoms with Gasteiger partial charge in [0.1, 0.15) is 17.4 Å². The van der Waals surface area contributed by atoms with Gasteiger partial charge in [-0.25, -0.2) is 9.97 Å². The number of halogens is 3. The summed E-state index contributed by atoms with van der Waals surface area (Å²) in [6, 6.07) is 8.65. The van der Waals surface area contributed by atoms with Crippen LogP contribution in [0.2, 0.25) is 0 Å². The second-order valence-electron chi connectivity index (χ2n) is 10.8. The number of amides is 1. The third kappa shape index (κ3) is 7.08. The van der Waals surface area contributed by atoms with Crippen molar-refractivity contribution in [3.05, 3.63) is 58.9 Å². The summed E-state index contributed by atoms with van der Waals surface area (Å²) < 4.78 is 45.6. The average Bonchev–Trinajstić information content (AvgIpc) is 2.95. The summed E-state index contributed by atoms with van der Waals surface area (Å²) in [5.74, 6) is 1.65. The molecule has 1 fully saturated rings. The van der Waals surface area contributed by atoms with Gasteiger partial charge >= 0.3 is 6.18 Å². The van der Waals surface area contributed by atoms with Gasteiger partial charge < -0.3 is 25.2 Å². The van der Waals surface area contributed by atoms with Gasteiger partial charge in [0.2, 0.25) is 5.91 Å². The van der Waals surface area contributed by atoms with Crippen molar-refractivity contribution in [1.29, 1.82) is 0 Å². The Labute approximate surface area is 237 Å². The number of nitrogens with one attached hydrogen (secondary N) is 1. The van der Waals surface area contributed by atoms with E-state index in [0.717, 1.165) is 35.9 Å². The van der Waals surface area contributed by atoms with Gasteiger partial charge in [0, 0.05) is 37.0 Å². The lowest BCUT2D eigenvalue weighted by Crippen LogP contribution is -2.40. The molecule has 1 aliphatic rings. The Balaban J connectivity index is 1.58. The number of alkyl halides is 3. The van der Waals surface area contributed by atoms with Crippen LogP contribution in [0.5, 0.6) is 5.75 Å². The molecule has 0 bridgehead atoms. The predicted octanol–water partition coefficient (Wildman–Crippen LogP) is 5.22. The van der Waals surface area contributed by atoms with Crippen molar-refractivity contribution in [1.82, 2.24) is 14.9 Å². The number of anilines is 1. The first-order chi connectivity index (χ1) is 19.4. The van der Waals surface area contributed by atoms with Crippen molar-refractivity contribution in [2.24, 2.45) is 5.92 Å². The highest BCUT2D eigenvalue weighted by atomic mass is 19.4. The lowest BCUT2D eigenvalue weighted by molar-refractivity contribution is -0.138. The molecule has 11 heteroatoms. The Morgan fingerprint density at radius 2 is 1.88 bits per heavy atom. The van der Waals surface area contributed by atoms with Gasteiger partial charge in [0.05, 0.1) is 30.9 Å². The Morgan fingerprint density at radius 3 is 2.51 bits per heavy atom. The fraction of sp³-hybridized carbons (Fsp3) is 0.500. The highest BCUT2D eigenvalue weighted by Gasteiger charge is 2.32. The van der Waals surface area contributed by atoms with Crippen molar-refractivity contribution >= 4 is 22.6 Å². The number of aliphatic hydroxyl groups excluding tert-OH is 2. The molecule has 2 aromatic carbocycles. The van der Waals surface area contributed by atoms with Gasteiger partial charge in [-0.15, -0.1) is 0 Å². The van der Waals surface area contributed by atoms with E-state index in [0.29, 0.717) is 41.3 Å². The smallest absolute Gasteiger partial charge is 0.416 e. The van der Waals surface area contributed by atoms with Crippen LogP contribution in [0.3, 0.4) is 0 Å². The minimum Gasteiger partial charge on any atom is -0.496 e. The summed E-state index contributed by atoms with van der Waals surface area (Å²) in [4.78, 5) is 23.5. The summed E-state index contributed by atoms with van der Waals surface area (Å²) in [7, 11) is 3.24. The topological polar surface area (TPSA) is 108 Å². The van der Waals surface area contributed by atoms with E-state index >= 15 is 0 Å². The Kier molecular flexibility index (Phi) is 9.38. The minimum absolute atomic E-state index is 0.0413. The maximum absolute atomic E-state index is 13.3. The molecule has 8 nitrogen and oxygen atoms in total. The van der Waals surface area contributed by atoms with Crippen LogP contribution in [0.25, 0.3) is 10.9 Å². The number of benzene rings is 2.